The van der Waals surface area contributed by atoms with Crippen molar-refractivity contribution >= 4 is 11.6 Å². The van der Waals surface area contributed by atoms with Gasteiger partial charge in [-0.25, -0.2) is 0 Å². The lowest BCUT2D eigenvalue weighted by atomic mass is 10.1. The molecule has 100 valence electrons. The maximum atomic E-state index is 6.23. The van der Waals surface area contributed by atoms with Gasteiger partial charge in [-0.3, -0.25) is 0 Å². The average molecular weight is 270 g/mol. The number of hydrogen-bond donors (Lipinski definition) is 1. The van der Waals surface area contributed by atoms with Crippen molar-refractivity contribution < 1.29 is 9.47 Å². The Labute approximate surface area is 113 Å². The predicted octanol–water partition coefficient (Wildman–Crippen LogP) is 2.79. The van der Waals surface area contributed by atoms with E-state index in [2.05, 4.69) is 6.07 Å². The van der Waals surface area contributed by atoms with E-state index in [0.717, 1.165) is 44.6 Å². The summed E-state index contributed by atoms with van der Waals surface area (Å²) in [6, 6.07) is 6.02. The number of halogens is 1. The molecule has 2 N–H and O–H groups in total. The Morgan fingerprint density at radius 1 is 1.39 bits per heavy atom. The van der Waals surface area contributed by atoms with E-state index >= 15 is 0 Å². The summed E-state index contributed by atoms with van der Waals surface area (Å²) < 4.78 is 11.1. The van der Waals surface area contributed by atoms with Crippen LogP contribution in [0.4, 0.5) is 0 Å². The van der Waals surface area contributed by atoms with Gasteiger partial charge < -0.3 is 15.2 Å². The van der Waals surface area contributed by atoms with Crippen LogP contribution in [0, 0.1) is 0 Å². The summed E-state index contributed by atoms with van der Waals surface area (Å²) >= 11 is 6.23. The van der Waals surface area contributed by atoms with Crippen LogP contribution in [0.2, 0.25) is 5.02 Å². The lowest BCUT2D eigenvalue weighted by Crippen LogP contribution is -2.15. The molecule has 0 bridgehead atoms. The van der Waals surface area contributed by atoms with Crippen LogP contribution in [-0.2, 0) is 11.2 Å². The number of aryl methyl sites for hydroxylation is 1. The van der Waals surface area contributed by atoms with Crippen molar-refractivity contribution in [2.45, 2.75) is 31.8 Å². The van der Waals surface area contributed by atoms with Crippen molar-refractivity contribution in [3.05, 3.63) is 28.8 Å². The van der Waals surface area contributed by atoms with E-state index in [1.54, 1.807) is 0 Å². The van der Waals surface area contributed by atoms with Crippen LogP contribution in [-0.4, -0.2) is 25.9 Å². The Bertz CT molecular complexity index is 378. The quantitative estimate of drug-likeness (QED) is 0.808. The summed E-state index contributed by atoms with van der Waals surface area (Å²) in [6.07, 6.45) is 4.25. The Morgan fingerprint density at radius 3 is 2.94 bits per heavy atom. The molecular formula is C14H20ClNO2. The summed E-state index contributed by atoms with van der Waals surface area (Å²) in [5.41, 5.74) is 6.72. The van der Waals surface area contributed by atoms with Crippen molar-refractivity contribution in [2.24, 2.45) is 5.73 Å². The highest BCUT2D eigenvalue weighted by Gasteiger charge is 2.18. The zero-order valence-corrected chi connectivity index (χ0v) is 11.3. The molecule has 4 heteroatoms. The van der Waals surface area contributed by atoms with E-state index in [-0.39, 0.29) is 6.10 Å². The van der Waals surface area contributed by atoms with Crippen LogP contribution in [0.3, 0.4) is 0 Å². The van der Waals surface area contributed by atoms with E-state index in [1.165, 1.54) is 5.56 Å². The highest BCUT2D eigenvalue weighted by Crippen LogP contribution is 2.28. The molecule has 1 aliphatic heterocycles. The SMILES string of the molecule is NCCCCc1ccc(OC2CCOC2)c(Cl)c1. The smallest absolute Gasteiger partial charge is 0.138 e. The minimum absolute atomic E-state index is 0.144. The van der Waals surface area contributed by atoms with Gasteiger partial charge in [-0.2, -0.15) is 0 Å². The summed E-state index contributed by atoms with van der Waals surface area (Å²) in [6.45, 7) is 2.19. The molecular weight excluding hydrogens is 250 g/mol. The van der Waals surface area contributed by atoms with Gasteiger partial charge in [0.1, 0.15) is 11.9 Å². The lowest BCUT2D eigenvalue weighted by Gasteiger charge is -2.13. The van der Waals surface area contributed by atoms with Crippen molar-refractivity contribution in [3.8, 4) is 5.75 Å². The molecule has 18 heavy (non-hydrogen) atoms. The van der Waals surface area contributed by atoms with Gasteiger partial charge in [0, 0.05) is 6.42 Å². The molecule has 1 saturated heterocycles. The van der Waals surface area contributed by atoms with Gasteiger partial charge in [-0.15, -0.1) is 0 Å². The molecule has 1 aliphatic rings. The fourth-order valence-corrected chi connectivity index (χ4v) is 2.30. The van der Waals surface area contributed by atoms with Crippen molar-refractivity contribution in [3.63, 3.8) is 0 Å². The summed E-state index contributed by atoms with van der Waals surface area (Å²) in [7, 11) is 0. The van der Waals surface area contributed by atoms with Gasteiger partial charge in [0.15, 0.2) is 0 Å². The van der Waals surface area contributed by atoms with Crippen LogP contribution >= 0.6 is 11.6 Å². The predicted molar refractivity (Wildman–Crippen MR) is 73.3 cm³/mol. The van der Waals surface area contributed by atoms with Crippen molar-refractivity contribution in [1.82, 2.24) is 0 Å². The van der Waals surface area contributed by atoms with Gasteiger partial charge in [-0.05, 0) is 43.5 Å². The molecule has 0 amide bonds. The fraction of sp³-hybridized carbons (Fsp3) is 0.571. The molecule has 0 aromatic heterocycles. The molecule has 1 fully saturated rings. The maximum absolute atomic E-state index is 6.23. The normalized spacial score (nSPS) is 19.1. The molecule has 0 aliphatic carbocycles. The van der Waals surface area contributed by atoms with Gasteiger partial charge >= 0.3 is 0 Å². The Kier molecular flexibility index (Phi) is 5.29. The average Bonchev–Trinajstić information content (AvgIpc) is 2.86. The van der Waals surface area contributed by atoms with E-state index in [0.29, 0.717) is 11.6 Å². The van der Waals surface area contributed by atoms with Crippen molar-refractivity contribution in [2.75, 3.05) is 19.8 Å². The Morgan fingerprint density at radius 2 is 2.28 bits per heavy atom. The van der Waals surface area contributed by atoms with Gasteiger partial charge in [0.25, 0.3) is 0 Å². The topological polar surface area (TPSA) is 44.5 Å². The third kappa shape index (κ3) is 3.87. The second kappa shape index (κ2) is 6.98. The zero-order valence-electron chi connectivity index (χ0n) is 10.5. The first-order chi connectivity index (χ1) is 8.79. The lowest BCUT2D eigenvalue weighted by molar-refractivity contribution is 0.141. The molecule has 1 aromatic rings. The number of unbranched alkanes of at least 4 members (excludes halogenated alkanes) is 1. The first-order valence-electron chi connectivity index (χ1n) is 6.52. The van der Waals surface area contributed by atoms with E-state index in [1.807, 2.05) is 12.1 Å². The molecule has 0 spiro atoms. The van der Waals surface area contributed by atoms with Crippen LogP contribution < -0.4 is 10.5 Å². The number of benzene rings is 1. The molecule has 1 aromatic carbocycles. The highest BCUT2D eigenvalue weighted by molar-refractivity contribution is 6.32. The summed E-state index contributed by atoms with van der Waals surface area (Å²) in [4.78, 5) is 0. The van der Waals surface area contributed by atoms with Crippen LogP contribution in [0.25, 0.3) is 0 Å². The highest BCUT2D eigenvalue weighted by atomic mass is 35.5. The minimum atomic E-state index is 0.144. The molecule has 1 unspecified atom stereocenters. The van der Waals surface area contributed by atoms with Crippen LogP contribution in [0.1, 0.15) is 24.8 Å². The Hall–Kier alpha value is -0.770. The van der Waals surface area contributed by atoms with Gasteiger partial charge in [0.2, 0.25) is 0 Å². The summed E-state index contributed by atoms with van der Waals surface area (Å²) in [5, 5.41) is 0.687. The monoisotopic (exact) mass is 269 g/mol. The molecule has 2 rings (SSSR count). The standard InChI is InChI=1S/C14H20ClNO2/c15-13-9-11(3-1-2-7-16)4-5-14(13)18-12-6-8-17-10-12/h4-5,9,12H,1-3,6-8,10,16H2. The molecule has 3 nitrogen and oxygen atoms in total. The third-order valence-corrected chi connectivity index (χ3v) is 3.39. The van der Waals surface area contributed by atoms with Crippen molar-refractivity contribution in [1.29, 1.82) is 0 Å². The molecule has 1 atom stereocenters. The van der Waals surface area contributed by atoms with Gasteiger partial charge in [-0.1, -0.05) is 17.7 Å². The Balaban J connectivity index is 1.91. The van der Waals surface area contributed by atoms with E-state index in [9.17, 15) is 0 Å². The summed E-state index contributed by atoms with van der Waals surface area (Å²) in [5.74, 6) is 0.759. The molecule has 1 heterocycles. The number of rotatable bonds is 6. The van der Waals surface area contributed by atoms with Crippen LogP contribution in [0.15, 0.2) is 18.2 Å². The third-order valence-electron chi connectivity index (χ3n) is 3.10. The van der Waals surface area contributed by atoms with E-state index < -0.39 is 0 Å². The van der Waals surface area contributed by atoms with Gasteiger partial charge in [0.05, 0.1) is 18.2 Å². The fourth-order valence-electron chi connectivity index (χ4n) is 2.05. The molecule has 0 radical (unpaired) electrons. The second-order valence-corrected chi connectivity index (χ2v) is 5.02. The second-order valence-electron chi connectivity index (χ2n) is 4.61. The largest absolute Gasteiger partial charge is 0.486 e. The number of nitrogens with two attached hydrogens (primary N) is 1. The van der Waals surface area contributed by atoms with E-state index in [4.69, 9.17) is 26.8 Å². The zero-order chi connectivity index (χ0) is 12.8. The number of ether oxygens (including phenoxy) is 2. The number of hydrogen-bond acceptors (Lipinski definition) is 3. The van der Waals surface area contributed by atoms with Crippen LogP contribution in [0.5, 0.6) is 5.75 Å². The maximum Gasteiger partial charge on any atom is 0.138 e. The minimum Gasteiger partial charge on any atom is -0.486 e. The first-order valence-corrected chi connectivity index (χ1v) is 6.90. The first kappa shape index (κ1) is 13.7. The molecule has 0 saturated carbocycles.